The van der Waals surface area contributed by atoms with Gasteiger partial charge in [-0.25, -0.2) is 9.69 Å². The topological polar surface area (TPSA) is 74.7 Å². The summed E-state index contributed by atoms with van der Waals surface area (Å²) in [4.78, 5) is 33.0. The molecule has 0 bridgehead atoms. The van der Waals surface area contributed by atoms with E-state index < -0.39 is 34.5 Å². The molecule has 5 nitrogen and oxygen atoms in total. The number of hydrogen-bond donors (Lipinski definition) is 1. The summed E-state index contributed by atoms with van der Waals surface area (Å²) < 4.78 is 37.6. The number of amides is 2. The number of benzene rings is 1. The highest BCUT2D eigenvalue weighted by Crippen LogP contribution is 2.27. The van der Waals surface area contributed by atoms with Crippen LogP contribution in [-0.4, -0.2) is 29.1 Å². The van der Waals surface area contributed by atoms with Gasteiger partial charge in [0, 0.05) is 0 Å². The second-order valence-electron chi connectivity index (χ2n) is 5.55. The first-order valence-corrected chi connectivity index (χ1v) is 6.15. The number of carboxylic acid groups (broad SMARTS) is 1. The Balaban J connectivity index is 3.31. The summed E-state index contributed by atoms with van der Waals surface area (Å²) in [6, 6.07) is 5.07. The van der Waals surface area contributed by atoms with Crippen LogP contribution in [0.25, 0.3) is 0 Å². The second kappa shape index (κ2) is 5.78. The fourth-order valence-corrected chi connectivity index (χ4v) is 1.66. The summed E-state index contributed by atoms with van der Waals surface area (Å²) >= 11 is 0. The van der Waals surface area contributed by atoms with Crippen molar-refractivity contribution in [1.82, 2.24) is 0 Å². The molecule has 1 aromatic carbocycles. The summed E-state index contributed by atoms with van der Waals surface area (Å²) in [5.74, 6) is -6.67. The van der Waals surface area contributed by atoms with Crippen LogP contribution in [-0.2, 0) is 19.8 Å². The Hall–Kier alpha value is -2.38. The van der Waals surface area contributed by atoms with Gasteiger partial charge in [-0.3, -0.25) is 9.59 Å². The van der Waals surface area contributed by atoms with Crippen molar-refractivity contribution in [3.05, 3.63) is 29.8 Å². The van der Waals surface area contributed by atoms with Gasteiger partial charge in [0.15, 0.2) is 0 Å². The van der Waals surface area contributed by atoms with E-state index in [1.54, 1.807) is 0 Å². The maximum atomic E-state index is 12.5. The van der Waals surface area contributed by atoms with E-state index in [-0.39, 0.29) is 5.41 Å². The zero-order valence-corrected chi connectivity index (χ0v) is 12.1. The standard InChI is InChI=1S/C14H14F3NO4/c1-13(2,3)8-4-6-9(7-5-8)18(10(19)11(20)21)12(22)14(15,16)17/h4-7H,1-3H3,(H,20,21). The fourth-order valence-electron chi connectivity index (χ4n) is 1.66. The molecule has 0 atom stereocenters. The first kappa shape index (κ1) is 17.7. The van der Waals surface area contributed by atoms with Gasteiger partial charge in [-0.05, 0) is 23.1 Å². The Labute approximate surface area is 124 Å². The highest BCUT2D eigenvalue weighted by atomic mass is 19.4. The molecule has 0 aromatic heterocycles. The summed E-state index contributed by atoms with van der Waals surface area (Å²) in [5.41, 5.74) is -0.00468. The highest BCUT2D eigenvalue weighted by Gasteiger charge is 2.47. The number of nitrogens with zero attached hydrogens (tertiary/aromatic N) is 1. The average molecular weight is 317 g/mol. The number of carbonyl (C=O) groups is 3. The van der Waals surface area contributed by atoms with Gasteiger partial charge in [0.2, 0.25) is 0 Å². The van der Waals surface area contributed by atoms with Crippen molar-refractivity contribution in [2.24, 2.45) is 0 Å². The molecule has 0 aliphatic carbocycles. The third kappa shape index (κ3) is 3.84. The maximum Gasteiger partial charge on any atom is 0.472 e. The van der Waals surface area contributed by atoms with E-state index in [1.165, 1.54) is 12.1 Å². The lowest BCUT2D eigenvalue weighted by Crippen LogP contribution is -2.47. The summed E-state index contributed by atoms with van der Waals surface area (Å²) in [6.45, 7) is 5.59. The molecule has 1 rings (SSSR count). The zero-order valence-electron chi connectivity index (χ0n) is 12.1. The van der Waals surface area contributed by atoms with Crippen LogP contribution in [0.15, 0.2) is 24.3 Å². The third-order valence-electron chi connectivity index (χ3n) is 2.82. The second-order valence-corrected chi connectivity index (χ2v) is 5.55. The Morgan fingerprint density at radius 3 is 1.77 bits per heavy atom. The Morgan fingerprint density at radius 2 is 1.45 bits per heavy atom. The normalized spacial score (nSPS) is 11.9. The summed E-state index contributed by atoms with van der Waals surface area (Å²) in [6.07, 6.45) is -5.37. The first-order chi connectivity index (χ1) is 9.85. The van der Waals surface area contributed by atoms with Crippen molar-refractivity contribution in [1.29, 1.82) is 0 Å². The molecule has 120 valence electrons. The average Bonchev–Trinajstić information content (AvgIpc) is 2.37. The monoisotopic (exact) mass is 317 g/mol. The van der Waals surface area contributed by atoms with E-state index in [0.29, 0.717) is 0 Å². The van der Waals surface area contributed by atoms with Gasteiger partial charge in [0.05, 0.1) is 5.69 Å². The summed E-state index contributed by atoms with van der Waals surface area (Å²) in [5, 5.41) is 8.60. The van der Waals surface area contributed by atoms with Crippen molar-refractivity contribution < 1.29 is 32.7 Å². The van der Waals surface area contributed by atoms with Crippen molar-refractivity contribution in [3.63, 3.8) is 0 Å². The molecule has 8 heteroatoms. The number of carbonyl (C=O) groups excluding carboxylic acids is 2. The van der Waals surface area contributed by atoms with Crippen molar-refractivity contribution in [2.45, 2.75) is 32.4 Å². The van der Waals surface area contributed by atoms with Gasteiger partial charge >= 0.3 is 24.0 Å². The molecular weight excluding hydrogens is 303 g/mol. The number of anilines is 1. The molecule has 0 radical (unpaired) electrons. The lowest BCUT2D eigenvalue weighted by atomic mass is 9.87. The van der Waals surface area contributed by atoms with E-state index >= 15 is 0 Å². The number of imide groups is 1. The quantitative estimate of drug-likeness (QED) is 0.808. The third-order valence-corrected chi connectivity index (χ3v) is 2.82. The molecule has 2 amide bonds. The molecule has 0 saturated carbocycles. The van der Waals surface area contributed by atoms with Crippen LogP contribution in [0.5, 0.6) is 0 Å². The highest BCUT2D eigenvalue weighted by molar-refractivity contribution is 6.43. The molecule has 0 unspecified atom stereocenters. The number of aliphatic carboxylic acids is 1. The van der Waals surface area contributed by atoms with E-state index in [0.717, 1.165) is 17.7 Å². The molecule has 0 heterocycles. The van der Waals surface area contributed by atoms with Crippen LogP contribution < -0.4 is 4.90 Å². The van der Waals surface area contributed by atoms with Crippen LogP contribution in [0, 0.1) is 0 Å². The minimum Gasteiger partial charge on any atom is -0.474 e. The van der Waals surface area contributed by atoms with Crippen LogP contribution in [0.1, 0.15) is 26.3 Å². The largest absolute Gasteiger partial charge is 0.474 e. The minimum atomic E-state index is -5.37. The smallest absolute Gasteiger partial charge is 0.472 e. The predicted molar refractivity (Wildman–Crippen MR) is 71.3 cm³/mol. The van der Waals surface area contributed by atoms with E-state index in [9.17, 15) is 27.6 Å². The molecule has 0 fully saturated rings. The van der Waals surface area contributed by atoms with E-state index in [2.05, 4.69) is 0 Å². The molecule has 22 heavy (non-hydrogen) atoms. The molecule has 1 N–H and O–H groups in total. The van der Waals surface area contributed by atoms with Crippen molar-refractivity contribution in [2.75, 3.05) is 4.90 Å². The fraction of sp³-hybridized carbons (Fsp3) is 0.357. The van der Waals surface area contributed by atoms with Crippen molar-refractivity contribution >= 4 is 23.5 Å². The molecule has 0 aliphatic heterocycles. The number of alkyl halides is 3. The Morgan fingerprint density at radius 1 is 1.00 bits per heavy atom. The Bertz CT molecular complexity index is 600. The van der Waals surface area contributed by atoms with Gasteiger partial charge in [-0.15, -0.1) is 0 Å². The van der Waals surface area contributed by atoms with Gasteiger partial charge in [-0.1, -0.05) is 32.9 Å². The molecule has 1 aromatic rings. The number of rotatable bonds is 1. The van der Waals surface area contributed by atoms with Crippen LogP contribution in [0.3, 0.4) is 0 Å². The first-order valence-electron chi connectivity index (χ1n) is 6.15. The molecule has 0 aliphatic rings. The molecule has 0 saturated heterocycles. The van der Waals surface area contributed by atoms with Crippen LogP contribution in [0.4, 0.5) is 18.9 Å². The predicted octanol–water partition coefficient (Wildman–Crippen LogP) is 2.49. The van der Waals surface area contributed by atoms with Gasteiger partial charge < -0.3 is 5.11 Å². The van der Waals surface area contributed by atoms with Gasteiger partial charge in [0.25, 0.3) is 0 Å². The number of halogens is 3. The molecule has 0 spiro atoms. The van der Waals surface area contributed by atoms with E-state index in [1.807, 2.05) is 20.8 Å². The van der Waals surface area contributed by atoms with Crippen LogP contribution in [0.2, 0.25) is 0 Å². The lowest BCUT2D eigenvalue weighted by Gasteiger charge is -2.23. The SMILES string of the molecule is CC(C)(C)c1ccc(N(C(=O)C(=O)O)C(=O)C(F)(F)F)cc1. The zero-order chi connectivity index (χ0) is 17.3. The Kier molecular flexibility index (Phi) is 4.64. The molecular formula is C14H14F3NO4. The van der Waals surface area contributed by atoms with E-state index in [4.69, 9.17) is 5.11 Å². The summed E-state index contributed by atoms with van der Waals surface area (Å²) in [7, 11) is 0. The number of hydrogen-bond acceptors (Lipinski definition) is 3. The van der Waals surface area contributed by atoms with Crippen molar-refractivity contribution in [3.8, 4) is 0 Å². The van der Waals surface area contributed by atoms with Gasteiger partial charge in [-0.2, -0.15) is 13.2 Å². The lowest BCUT2D eigenvalue weighted by molar-refractivity contribution is -0.172. The maximum absolute atomic E-state index is 12.5. The van der Waals surface area contributed by atoms with Gasteiger partial charge in [0.1, 0.15) is 0 Å². The minimum absolute atomic E-state index is 0.297. The number of carboxylic acids is 1. The van der Waals surface area contributed by atoms with Crippen LogP contribution >= 0.6 is 0 Å².